The average Bonchev–Trinajstić information content (AvgIpc) is 3.18. The van der Waals surface area contributed by atoms with Gasteiger partial charge in [0.05, 0.1) is 11.8 Å². The summed E-state index contributed by atoms with van der Waals surface area (Å²) in [5.74, 6) is -1.30. The number of rotatable bonds is 7. The number of alkyl carbamates (subject to hydrolysis) is 1. The lowest BCUT2D eigenvalue weighted by molar-refractivity contribution is -0.142. The number of carboxylic acid groups (broad SMARTS) is 1. The van der Waals surface area contributed by atoms with E-state index in [2.05, 4.69) is 29.6 Å². The van der Waals surface area contributed by atoms with Gasteiger partial charge in [0.25, 0.3) is 0 Å². The van der Waals surface area contributed by atoms with E-state index in [0.29, 0.717) is 13.1 Å². The maximum absolute atomic E-state index is 13.1. The number of carboxylic acids is 1. The number of benzene rings is 2. The molecule has 5 rings (SSSR count). The number of aliphatic carboxylic acids is 1. The van der Waals surface area contributed by atoms with Crippen molar-refractivity contribution in [1.29, 1.82) is 0 Å². The van der Waals surface area contributed by atoms with Gasteiger partial charge in [-0.2, -0.15) is 0 Å². The second-order valence-electron chi connectivity index (χ2n) is 9.99. The van der Waals surface area contributed by atoms with E-state index in [4.69, 9.17) is 4.74 Å². The van der Waals surface area contributed by atoms with Crippen LogP contribution in [0, 0.1) is 29.6 Å². The molecule has 3 aliphatic rings. The molecule has 2 unspecified atom stereocenters. The molecule has 7 nitrogen and oxygen atoms in total. The highest BCUT2D eigenvalue weighted by Crippen LogP contribution is 2.52. The van der Waals surface area contributed by atoms with Crippen molar-refractivity contribution < 1.29 is 24.2 Å². The fourth-order valence-corrected chi connectivity index (χ4v) is 5.76. The molecule has 34 heavy (non-hydrogen) atoms. The maximum atomic E-state index is 13.1. The lowest BCUT2D eigenvalue weighted by atomic mass is 9.94. The number of fused-ring (bicyclic) bond motifs is 4. The van der Waals surface area contributed by atoms with E-state index in [1.165, 1.54) is 11.1 Å². The van der Waals surface area contributed by atoms with Crippen molar-refractivity contribution >= 4 is 18.0 Å². The van der Waals surface area contributed by atoms with Gasteiger partial charge in [-0.3, -0.25) is 9.59 Å². The van der Waals surface area contributed by atoms with Gasteiger partial charge in [0.15, 0.2) is 0 Å². The Balaban J connectivity index is 1.16. The van der Waals surface area contributed by atoms with Crippen molar-refractivity contribution in [2.75, 3.05) is 26.2 Å². The SMILES string of the molecule is CC(C)C(CNC(=O)OCC1c2ccccc2-c2ccccc21)C(=O)N1C[C@@H]2C(C(=O)O)[C@@H]2C1. The van der Waals surface area contributed by atoms with Gasteiger partial charge in [-0.1, -0.05) is 62.4 Å². The van der Waals surface area contributed by atoms with Crippen molar-refractivity contribution in [1.82, 2.24) is 10.2 Å². The number of nitrogens with zero attached hydrogens (tertiary/aromatic N) is 1. The van der Waals surface area contributed by atoms with Crippen LogP contribution in [0.25, 0.3) is 11.1 Å². The van der Waals surface area contributed by atoms with Gasteiger partial charge in [-0.25, -0.2) is 4.79 Å². The van der Waals surface area contributed by atoms with Crippen LogP contribution in [0.5, 0.6) is 0 Å². The number of nitrogens with one attached hydrogen (secondary N) is 1. The summed E-state index contributed by atoms with van der Waals surface area (Å²) in [6.07, 6.45) is -0.532. The molecule has 7 heteroatoms. The van der Waals surface area contributed by atoms with Crippen LogP contribution in [0.3, 0.4) is 0 Å². The lowest BCUT2D eigenvalue weighted by Gasteiger charge is -2.27. The summed E-state index contributed by atoms with van der Waals surface area (Å²) in [6, 6.07) is 16.4. The molecule has 1 saturated heterocycles. The minimum atomic E-state index is -0.764. The molecule has 2 amide bonds. The molecular weight excluding hydrogens is 432 g/mol. The lowest BCUT2D eigenvalue weighted by Crippen LogP contribution is -2.44. The van der Waals surface area contributed by atoms with Crippen molar-refractivity contribution in [3.8, 4) is 11.1 Å². The fraction of sp³-hybridized carbons (Fsp3) is 0.444. The first-order valence-electron chi connectivity index (χ1n) is 12.0. The first-order chi connectivity index (χ1) is 16.4. The van der Waals surface area contributed by atoms with E-state index in [-0.39, 0.29) is 54.6 Å². The van der Waals surface area contributed by atoms with E-state index < -0.39 is 12.1 Å². The number of ether oxygens (including phenoxy) is 1. The summed E-state index contributed by atoms with van der Waals surface area (Å²) >= 11 is 0. The van der Waals surface area contributed by atoms with Crippen LogP contribution in [0.1, 0.15) is 30.9 Å². The summed E-state index contributed by atoms with van der Waals surface area (Å²) in [5, 5.41) is 12.0. The Bertz CT molecular complexity index is 1070. The van der Waals surface area contributed by atoms with E-state index in [0.717, 1.165) is 11.1 Å². The van der Waals surface area contributed by atoms with E-state index >= 15 is 0 Å². The van der Waals surface area contributed by atoms with Crippen LogP contribution in [0.2, 0.25) is 0 Å². The molecule has 0 aromatic heterocycles. The highest BCUT2D eigenvalue weighted by atomic mass is 16.5. The molecule has 0 bridgehead atoms. The first-order valence-corrected chi connectivity index (χ1v) is 12.0. The standard InChI is InChI=1S/C27H30N2O5/c1-15(2)20(25(30)29-12-21-22(13-29)24(21)26(31)32)11-28-27(33)34-14-23-18-9-5-3-7-16(18)17-8-4-6-10-19(17)23/h3-10,15,20-24H,11-14H2,1-2H3,(H,28,33)(H,31,32)/t20?,21-,22+,24?. The zero-order valence-electron chi connectivity index (χ0n) is 19.4. The quantitative estimate of drug-likeness (QED) is 0.656. The topological polar surface area (TPSA) is 95.9 Å². The zero-order chi connectivity index (χ0) is 24.0. The normalized spacial score (nSPS) is 23.1. The van der Waals surface area contributed by atoms with Crippen LogP contribution >= 0.6 is 0 Å². The third-order valence-electron chi connectivity index (χ3n) is 7.72. The van der Waals surface area contributed by atoms with E-state index in [1.807, 2.05) is 38.1 Å². The Labute approximate surface area is 199 Å². The van der Waals surface area contributed by atoms with Gasteiger partial charge < -0.3 is 20.1 Å². The molecule has 1 heterocycles. The highest BCUT2D eigenvalue weighted by molar-refractivity contribution is 5.82. The largest absolute Gasteiger partial charge is 0.481 e. The van der Waals surface area contributed by atoms with Crippen LogP contribution in [-0.2, 0) is 14.3 Å². The summed E-state index contributed by atoms with van der Waals surface area (Å²) in [5.41, 5.74) is 4.65. The Morgan fingerprint density at radius 2 is 1.56 bits per heavy atom. The molecule has 1 saturated carbocycles. The molecular formula is C27H30N2O5. The molecule has 2 N–H and O–H groups in total. The van der Waals surface area contributed by atoms with Crippen molar-refractivity contribution in [2.45, 2.75) is 19.8 Å². The molecule has 2 aromatic rings. The Morgan fingerprint density at radius 1 is 1.00 bits per heavy atom. The van der Waals surface area contributed by atoms with Gasteiger partial charge in [0, 0.05) is 25.6 Å². The monoisotopic (exact) mass is 462 g/mol. The van der Waals surface area contributed by atoms with Gasteiger partial charge in [0.1, 0.15) is 6.61 Å². The Kier molecular flexibility index (Phi) is 5.80. The first kappa shape index (κ1) is 22.4. The number of piperidine rings is 1. The van der Waals surface area contributed by atoms with Crippen LogP contribution in [0.4, 0.5) is 4.79 Å². The molecule has 2 aliphatic carbocycles. The molecule has 4 atom stereocenters. The number of likely N-dealkylation sites (tertiary alicyclic amines) is 1. The second kappa shape index (κ2) is 8.78. The predicted octanol–water partition coefficient (Wildman–Crippen LogP) is 3.59. The molecule has 0 radical (unpaired) electrons. The summed E-state index contributed by atoms with van der Waals surface area (Å²) in [7, 11) is 0. The summed E-state index contributed by atoms with van der Waals surface area (Å²) < 4.78 is 5.60. The fourth-order valence-electron chi connectivity index (χ4n) is 5.76. The van der Waals surface area contributed by atoms with Crippen LogP contribution in [0.15, 0.2) is 48.5 Å². The van der Waals surface area contributed by atoms with Gasteiger partial charge in [-0.15, -0.1) is 0 Å². The van der Waals surface area contributed by atoms with E-state index in [9.17, 15) is 19.5 Å². The zero-order valence-corrected chi connectivity index (χ0v) is 19.4. The number of hydrogen-bond donors (Lipinski definition) is 2. The minimum Gasteiger partial charge on any atom is -0.481 e. The Morgan fingerprint density at radius 3 is 2.09 bits per heavy atom. The molecule has 1 aliphatic heterocycles. The number of amides is 2. The molecule has 2 fully saturated rings. The van der Waals surface area contributed by atoms with Crippen LogP contribution in [-0.4, -0.2) is 54.2 Å². The van der Waals surface area contributed by atoms with Crippen molar-refractivity contribution in [2.24, 2.45) is 29.6 Å². The van der Waals surface area contributed by atoms with Gasteiger partial charge in [-0.05, 0) is 40.0 Å². The van der Waals surface area contributed by atoms with E-state index in [1.54, 1.807) is 4.90 Å². The minimum absolute atomic E-state index is 0.0146. The number of carbonyl (C=O) groups is 3. The highest BCUT2D eigenvalue weighted by Gasteiger charge is 2.60. The molecule has 178 valence electrons. The molecule has 2 aromatic carbocycles. The van der Waals surface area contributed by atoms with Crippen molar-refractivity contribution in [3.05, 3.63) is 59.7 Å². The summed E-state index contributed by atoms with van der Waals surface area (Å²) in [6.45, 7) is 5.33. The molecule has 0 spiro atoms. The predicted molar refractivity (Wildman–Crippen MR) is 126 cm³/mol. The number of hydrogen-bond acceptors (Lipinski definition) is 4. The smallest absolute Gasteiger partial charge is 0.407 e. The van der Waals surface area contributed by atoms with Crippen LogP contribution < -0.4 is 5.32 Å². The van der Waals surface area contributed by atoms with Crippen molar-refractivity contribution in [3.63, 3.8) is 0 Å². The number of carbonyl (C=O) groups excluding carboxylic acids is 2. The third kappa shape index (κ3) is 3.93. The maximum Gasteiger partial charge on any atom is 0.407 e. The second-order valence-corrected chi connectivity index (χ2v) is 9.99. The summed E-state index contributed by atoms with van der Waals surface area (Å²) in [4.78, 5) is 38.6. The Hall–Kier alpha value is -3.35. The van der Waals surface area contributed by atoms with Gasteiger partial charge >= 0.3 is 12.1 Å². The third-order valence-corrected chi connectivity index (χ3v) is 7.72. The average molecular weight is 463 g/mol. The van der Waals surface area contributed by atoms with Gasteiger partial charge in [0.2, 0.25) is 5.91 Å².